The van der Waals surface area contributed by atoms with E-state index in [0.29, 0.717) is 36.4 Å². The largest absolute Gasteiger partial charge is 0.480 e. The van der Waals surface area contributed by atoms with Crippen LogP contribution >= 0.6 is 11.3 Å². The Bertz CT molecular complexity index is 1870. The molecular formula is C33H33N3O9S2. The number of rotatable bonds is 13. The van der Waals surface area contributed by atoms with Gasteiger partial charge in [-0.05, 0) is 49.1 Å². The van der Waals surface area contributed by atoms with Gasteiger partial charge in [0.15, 0.2) is 11.5 Å². The third-order valence-corrected chi connectivity index (χ3v) is 10.9. The fourth-order valence-corrected chi connectivity index (χ4v) is 8.08. The number of para-hydroxylation sites is 1. The lowest BCUT2D eigenvalue weighted by Gasteiger charge is -2.32. The van der Waals surface area contributed by atoms with Crippen molar-refractivity contribution in [2.24, 2.45) is 0 Å². The second-order valence-corrected chi connectivity index (χ2v) is 14.0. The molecule has 1 aliphatic heterocycles. The fourth-order valence-electron chi connectivity index (χ4n) is 5.38. The number of carbonyl (C=O) groups excluding carboxylic acids is 1. The lowest BCUT2D eigenvalue weighted by atomic mass is 10.0. The molecule has 4 aromatic rings. The number of nitro benzene ring substituents is 1. The van der Waals surface area contributed by atoms with Gasteiger partial charge in [0, 0.05) is 41.3 Å². The van der Waals surface area contributed by atoms with Crippen LogP contribution in [-0.2, 0) is 31.9 Å². The number of anilines is 1. The summed E-state index contributed by atoms with van der Waals surface area (Å²) in [4.78, 5) is 36.0. The number of thiophene rings is 1. The monoisotopic (exact) mass is 679 g/mol. The van der Waals surface area contributed by atoms with Gasteiger partial charge in [-0.25, -0.2) is 22.3 Å². The number of aliphatic carboxylic acids is 1. The molecular weight excluding hydrogens is 647 g/mol. The van der Waals surface area contributed by atoms with Crippen LogP contribution in [0.15, 0.2) is 78.9 Å². The first-order valence-corrected chi connectivity index (χ1v) is 17.2. The molecule has 14 heteroatoms. The Balaban J connectivity index is 1.29. The summed E-state index contributed by atoms with van der Waals surface area (Å²) in [6.07, 6.45) is 1.25. The molecule has 0 saturated carbocycles. The van der Waals surface area contributed by atoms with E-state index >= 15 is 0 Å². The molecule has 1 aromatic heterocycles. The average Bonchev–Trinajstić information content (AvgIpc) is 3.39. The third kappa shape index (κ3) is 8.33. The van der Waals surface area contributed by atoms with Crippen molar-refractivity contribution in [3.8, 4) is 16.2 Å². The number of hydrogen-bond acceptors (Lipinski definition) is 10. The summed E-state index contributed by atoms with van der Waals surface area (Å²) in [5, 5.41) is 24.1. The van der Waals surface area contributed by atoms with Crippen LogP contribution in [-0.4, -0.2) is 60.4 Å². The Morgan fingerprint density at radius 2 is 1.74 bits per heavy atom. The zero-order chi connectivity index (χ0) is 33.6. The highest BCUT2D eigenvalue weighted by Crippen LogP contribution is 2.42. The number of carbonyl (C=O) groups is 2. The zero-order valence-corrected chi connectivity index (χ0v) is 27.1. The minimum absolute atomic E-state index is 0.0337. The smallest absolute Gasteiger partial charge is 0.352 e. The summed E-state index contributed by atoms with van der Waals surface area (Å²) in [5.41, 5.74) is 2.87. The van der Waals surface area contributed by atoms with E-state index in [2.05, 4.69) is 5.32 Å². The van der Waals surface area contributed by atoms with Gasteiger partial charge in [-0.15, -0.1) is 11.3 Å². The van der Waals surface area contributed by atoms with Gasteiger partial charge in [0.05, 0.1) is 16.2 Å². The van der Waals surface area contributed by atoms with Gasteiger partial charge in [-0.2, -0.15) is 0 Å². The standard InChI is InChI=1S/C33H33N3O9S2/c1-22-30(44-20-29(37)38)32(33(39)45-19-25-10-5-6-13-28(25)36(40)41)46-31(22)24-11-7-12-27(18-24)34-26-14-16-35(17-15-26)47(42,43)21-23-8-3-2-4-9-23/h2-13,18,26,34H,14-17,19-21H2,1H3,(H,37,38). The molecule has 0 bridgehead atoms. The number of esters is 1. The number of nitrogens with zero attached hydrogens (tertiary/aromatic N) is 2. The molecule has 0 atom stereocenters. The van der Waals surface area contributed by atoms with Crippen molar-refractivity contribution < 1.29 is 37.5 Å². The van der Waals surface area contributed by atoms with E-state index in [0.717, 1.165) is 28.2 Å². The summed E-state index contributed by atoms with van der Waals surface area (Å²) in [6, 6.07) is 22.6. The summed E-state index contributed by atoms with van der Waals surface area (Å²) in [5.74, 6) is -1.98. The quantitative estimate of drug-likeness (QED) is 0.0993. The Morgan fingerprint density at radius 1 is 1.04 bits per heavy atom. The second kappa shape index (κ2) is 14.8. The van der Waals surface area contributed by atoms with Gasteiger partial charge >= 0.3 is 11.9 Å². The number of hydrogen-bond donors (Lipinski definition) is 2. The molecule has 2 heterocycles. The Kier molecular flexibility index (Phi) is 10.5. The maximum atomic E-state index is 13.2. The molecule has 2 N–H and O–H groups in total. The number of sulfonamides is 1. The van der Waals surface area contributed by atoms with Crippen molar-refractivity contribution >= 4 is 44.7 Å². The molecule has 0 amide bonds. The predicted molar refractivity (Wildman–Crippen MR) is 177 cm³/mol. The van der Waals surface area contributed by atoms with E-state index in [9.17, 15) is 33.2 Å². The van der Waals surface area contributed by atoms with Crippen LogP contribution in [0.1, 0.15) is 39.2 Å². The number of benzene rings is 3. The van der Waals surface area contributed by atoms with E-state index in [-0.39, 0.29) is 40.3 Å². The predicted octanol–water partition coefficient (Wildman–Crippen LogP) is 5.86. The molecule has 0 unspecified atom stereocenters. The number of piperidine rings is 1. The molecule has 0 radical (unpaired) electrons. The number of ether oxygens (including phenoxy) is 2. The summed E-state index contributed by atoms with van der Waals surface area (Å²) < 4.78 is 38.4. The molecule has 1 aliphatic rings. The van der Waals surface area contributed by atoms with Gasteiger partial charge in [0.25, 0.3) is 5.69 Å². The van der Waals surface area contributed by atoms with E-state index in [1.807, 2.05) is 42.5 Å². The highest BCUT2D eigenvalue weighted by Gasteiger charge is 2.29. The maximum absolute atomic E-state index is 13.2. The lowest BCUT2D eigenvalue weighted by Crippen LogP contribution is -2.42. The van der Waals surface area contributed by atoms with E-state index in [1.54, 1.807) is 29.4 Å². The molecule has 0 spiro atoms. The molecule has 12 nitrogen and oxygen atoms in total. The van der Waals surface area contributed by atoms with Crippen molar-refractivity contribution in [2.75, 3.05) is 25.0 Å². The molecule has 246 valence electrons. The minimum atomic E-state index is -3.43. The van der Waals surface area contributed by atoms with E-state index in [1.165, 1.54) is 18.2 Å². The van der Waals surface area contributed by atoms with Crippen LogP contribution in [0, 0.1) is 17.0 Å². The topological polar surface area (TPSA) is 165 Å². The van der Waals surface area contributed by atoms with Crippen LogP contribution < -0.4 is 10.1 Å². The molecule has 1 saturated heterocycles. The maximum Gasteiger partial charge on any atom is 0.352 e. The first-order valence-electron chi connectivity index (χ1n) is 14.8. The Labute approximate surface area is 275 Å². The van der Waals surface area contributed by atoms with Gasteiger partial charge in [0.1, 0.15) is 12.4 Å². The normalized spacial score (nSPS) is 14.0. The number of nitro groups is 1. The summed E-state index contributed by atoms with van der Waals surface area (Å²) in [7, 11) is -3.43. The summed E-state index contributed by atoms with van der Waals surface area (Å²) >= 11 is 1.08. The molecule has 3 aromatic carbocycles. The SMILES string of the molecule is Cc1c(-c2cccc(NC3CCN(S(=O)(=O)Cc4ccccc4)CC3)c2)sc(C(=O)OCc2ccccc2[N+](=O)[O-])c1OCC(=O)O. The minimum Gasteiger partial charge on any atom is -0.480 e. The van der Waals surface area contributed by atoms with Crippen molar-refractivity contribution in [3.63, 3.8) is 0 Å². The number of nitrogens with one attached hydrogen (secondary N) is 1. The number of carboxylic acid groups (broad SMARTS) is 1. The first kappa shape index (κ1) is 33.6. The highest BCUT2D eigenvalue weighted by molar-refractivity contribution is 7.88. The van der Waals surface area contributed by atoms with Crippen molar-refractivity contribution in [3.05, 3.63) is 111 Å². The average molecular weight is 680 g/mol. The van der Waals surface area contributed by atoms with Crippen molar-refractivity contribution in [1.29, 1.82) is 0 Å². The van der Waals surface area contributed by atoms with Gasteiger partial charge in [-0.1, -0.05) is 54.6 Å². The summed E-state index contributed by atoms with van der Waals surface area (Å²) in [6.45, 7) is 1.49. The molecule has 47 heavy (non-hydrogen) atoms. The third-order valence-electron chi connectivity index (χ3n) is 7.70. The molecule has 1 fully saturated rings. The number of carboxylic acids is 1. The van der Waals surface area contributed by atoms with Crippen LogP contribution in [0.4, 0.5) is 11.4 Å². The molecule has 0 aliphatic carbocycles. The van der Waals surface area contributed by atoms with Crippen LogP contribution in [0.3, 0.4) is 0 Å². The van der Waals surface area contributed by atoms with Crippen LogP contribution in [0.25, 0.3) is 10.4 Å². The second-order valence-electron chi connectivity index (χ2n) is 11.0. The van der Waals surface area contributed by atoms with E-state index in [4.69, 9.17) is 9.47 Å². The Hall–Kier alpha value is -4.79. The zero-order valence-electron chi connectivity index (χ0n) is 25.5. The van der Waals surface area contributed by atoms with Crippen molar-refractivity contribution in [2.45, 2.75) is 38.2 Å². The Morgan fingerprint density at radius 3 is 2.45 bits per heavy atom. The fraction of sp³-hybridized carbons (Fsp3) is 0.273. The first-order chi connectivity index (χ1) is 22.5. The van der Waals surface area contributed by atoms with E-state index < -0.39 is 33.5 Å². The highest BCUT2D eigenvalue weighted by atomic mass is 32.2. The van der Waals surface area contributed by atoms with Crippen LogP contribution in [0.5, 0.6) is 5.75 Å². The van der Waals surface area contributed by atoms with Crippen molar-refractivity contribution in [1.82, 2.24) is 4.31 Å². The molecule has 5 rings (SSSR count). The lowest BCUT2D eigenvalue weighted by molar-refractivity contribution is -0.385. The van der Waals surface area contributed by atoms with Gasteiger partial charge < -0.3 is 19.9 Å². The van der Waals surface area contributed by atoms with Gasteiger partial charge in [-0.3, -0.25) is 10.1 Å². The van der Waals surface area contributed by atoms with Crippen LogP contribution in [0.2, 0.25) is 0 Å². The van der Waals surface area contributed by atoms with Gasteiger partial charge in [0.2, 0.25) is 10.0 Å².